The Labute approximate surface area is 125 Å². The van der Waals surface area contributed by atoms with Crippen LogP contribution >= 0.6 is 0 Å². The van der Waals surface area contributed by atoms with Crippen LogP contribution in [0, 0.1) is 5.41 Å². The molecule has 0 saturated carbocycles. The monoisotopic (exact) mass is 286 g/mol. The molecule has 0 amide bonds. The van der Waals surface area contributed by atoms with Gasteiger partial charge in [-0.15, -0.1) is 0 Å². The van der Waals surface area contributed by atoms with Crippen LogP contribution < -0.4 is 10.6 Å². The third-order valence-electron chi connectivity index (χ3n) is 2.99. The van der Waals surface area contributed by atoms with E-state index in [1.165, 1.54) is 0 Å². The molecule has 120 valence electrons. The highest BCUT2D eigenvalue weighted by atomic mass is 16.5. The predicted octanol–water partition coefficient (Wildman–Crippen LogP) is 1.55. The summed E-state index contributed by atoms with van der Waals surface area (Å²) >= 11 is 0. The number of nitrogens with zero attached hydrogens (tertiary/aromatic N) is 2. The molecule has 0 saturated heterocycles. The fraction of sp³-hybridized carbons (Fsp3) is 0.933. The molecule has 0 aromatic heterocycles. The number of aliphatic imine (C=N–C) groups is 1. The zero-order valence-corrected chi connectivity index (χ0v) is 14.6. The molecule has 5 nitrogen and oxygen atoms in total. The summed E-state index contributed by atoms with van der Waals surface area (Å²) in [6.45, 7) is 14.0. The molecule has 5 heteroatoms. The van der Waals surface area contributed by atoms with Gasteiger partial charge in [0.25, 0.3) is 0 Å². The second-order valence-electron chi connectivity index (χ2n) is 6.91. The van der Waals surface area contributed by atoms with Crippen molar-refractivity contribution in [1.29, 1.82) is 0 Å². The van der Waals surface area contributed by atoms with E-state index in [-0.39, 0.29) is 11.0 Å². The zero-order chi connectivity index (χ0) is 15.8. The van der Waals surface area contributed by atoms with Gasteiger partial charge in [-0.1, -0.05) is 13.8 Å². The minimum atomic E-state index is -0.199. The molecule has 20 heavy (non-hydrogen) atoms. The van der Waals surface area contributed by atoms with E-state index in [0.29, 0.717) is 0 Å². The van der Waals surface area contributed by atoms with Crippen molar-refractivity contribution in [2.75, 3.05) is 47.4 Å². The summed E-state index contributed by atoms with van der Waals surface area (Å²) in [7, 11) is 5.91. The molecule has 0 aliphatic heterocycles. The standard InChI is InChI=1S/C15H34N4O/c1-9-16-13(18-11-15(4,5)20-8)17-10-14(2,3)12-19(6)7/h9-12H2,1-8H3,(H2,16,17,18). The van der Waals surface area contributed by atoms with Crippen molar-refractivity contribution in [3.8, 4) is 0 Å². The Morgan fingerprint density at radius 3 is 2.20 bits per heavy atom. The van der Waals surface area contributed by atoms with Crippen LogP contribution in [-0.4, -0.2) is 63.8 Å². The first-order valence-electron chi connectivity index (χ1n) is 7.34. The molecule has 0 aromatic carbocycles. The lowest BCUT2D eigenvalue weighted by Crippen LogP contribution is -2.45. The maximum atomic E-state index is 5.41. The smallest absolute Gasteiger partial charge is 0.191 e. The van der Waals surface area contributed by atoms with Gasteiger partial charge in [-0.3, -0.25) is 4.99 Å². The van der Waals surface area contributed by atoms with E-state index in [9.17, 15) is 0 Å². The van der Waals surface area contributed by atoms with E-state index in [4.69, 9.17) is 4.74 Å². The number of ether oxygens (including phenoxy) is 1. The summed E-state index contributed by atoms with van der Waals surface area (Å²) in [6.07, 6.45) is 0. The lowest BCUT2D eigenvalue weighted by atomic mass is 9.93. The maximum Gasteiger partial charge on any atom is 0.191 e. The topological polar surface area (TPSA) is 48.9 Å². The number of hydrogen-bond acceptors (Lipinski definition) is 3. The lowest BCUT2D eigenvalue weighted by molar-refractivity contribution is 0.0268. The van der Waals surface area contributed by atoms with Crippen LogP contribution in [0.2, 0.25) is 0 Å². The Morgan fingerprint density at radius 1 is 1.15 bits per heavy atom. The van der Waals surface area contributed by atoms with Gasteiger partial charge in [0.05, 0.1) is 5.60 Å². The van der Waals surface area contributed by atoms with Crippen molar-refractivity contribution < 1.29 is 4.74 Å². The van der Waals surface area contributed by atoms with Gasteiger partial charge in [-0.05, 0) is 40.3 Å². The van der Waals surface area contributed by atoms with Crippen LogP contribution in [-0.2, 0) is 4.74 Å². The summed E-state index contributed by atoms with van der Waals surface area (Å²) in [4.78, 5) is 6.89. The molecule has 0 bridgehead atoms. The van der Waals surface area contributed by atoms with Gasteiger partial charge in [0.2, 0.25) is 0 Å². The minimum Gasteiger partial charge on any atom is -0.377 e. The van der Waals surface area contributed by atoms with Gasteiger partial charge >= 0.3 is 0 Å². The first-order valence-corrected chi connectivity index (χ1v) is 7.34. The van der Waals surface area contributed by atoms with Crippen LogP contribution in [0.5, 0.6) is 0 Å². The second kappa shape index (κ2) is 8.47. The molecule has 2 N–H and O–H groups in total. The van der Waals surface area contributed by atoms with Gasteiger partial charge in [0.15, 0.2) is 5.96 Å². The maximum absolute atomic E-state index is 5.41. The summed E-state index contributed by atoms with van der Waals surface area (Å²) in [5, 5.41) is 6.61. The number of hydrogen-bond donors (Lipinski definition) is 2. The number of guanidine groups is 1. The Kier molecular flexibility index (Phi) is 8.13. The number of nitrogens with one attached hydrogen (secondary N) is 2. The van der Waals surface area contributed by atoms with Gasteiger partial charge in [0.1, 0.15) is 0 Å². The fourth-order valence-corrected chi connectivity index (χ4v) is 1.91. The molecule has 0 aromatic rings. The Bertz CT molecular complexity index is 298. The van der Waals surface area contributed by atoms with E-state index in [1.807, 2.05) is 0 Å². The van der Waals surface area contributed by atoms with Gasteiger partial charge in [0, 0.05) is 33.3 Å². The average Bonchev–Trinajstić information content (AvgIpc) is 2.31. The van der Waals surface area contributed by atoms with Crippen LogP contribution in [0.4, 0.5) is 0 Å². The Balaban J connectivity index is 4.54. The highest BCUT2D eigenvalue weighted by molar-refractivity contribution is 5.79. The number of rotatable bonds is 8. The molecule has 0 aliphatic carbocycles. The van der Waals surface area contributed by atoms with E-state index in [2.05, 4.69) is 69.2 Å². The molecular formula is C15H34N4O. The first kappa shape index (κ1) is 19.2. The van der Waals surface area contributed by atoms with Crippen LogP contribution in [0.25, 0.3) is 0 Å². The van der Waals surface area contributed by atoms with Crippen molar-refractivity contribution in [3.05, 3.63) is 0 Å². The largest absolute Gasteiger partial charge is 0.377 e. The first-order chi connectivity index (χ1) is 9.12. The quantitative estimate of drug-likeness (QED) is 0.525. The minimum absolute atomic E-state index is 0.155. The van der Waals surface area contributed by atoms with Gasteiger partial charge < -0.3 is 20.3 Å². The molecule has 0 unspecified atom stereocenters. The summed E-state index contributed by atoms with van der Waals surface area (Å²) in [5.41, 5.74) is -0.0437. The Hall–Kier alpha value is -0.810. The van der Waals surface area contributed by atoms with Crippen molar-refractivity contribution in [1.82, 2.24) is 15.5 Å². The summed E-state index contributed by atoms with van der Waals surface area (Å²) in [6, 6.07) is 0. The highest BCUT2D eigenvalue weighted by Gasteiger charge is 2.20. The van der Waals surface area contributed by atoms with Crippen molar-refractivity contribution in [3.63, 3.8) is 0 Å². The van der Waals surface area contributed by atoms with Crippen molar-refractivity contribution in [2.24, 2.45) is 10.4 Å². The predicted molar refractivity (Wildman–Crippen MR) is 87.4 cm³/mol. The van der Waals surface area contributed by atoms with Crippen molar-refractivity contribution >= 4 is 5.96 Å². The van der Waals surface area contributed by atoms with Gasteiger partial charge in [-0.2, -0.15) is 0 Å². The molecule has 0 radical (unpaired) electrons. The van der Waals surface area contributed by atoms with E-state index < -0.39 is 0 Å². The second-order valence-corrected chi connectivity index (χ2v) is 6.91. The molecule has 0 spiro atoms. The molecule has 0 fully saturated rings. The molecular weight excluding hydrogens is 252 g/mol. The molecule has 0 atom stereocenters. The number of methoxy groups -OCH3 is 1. The average molecular weight is 286 g/mol. The summed E-state index contributed by atoms with van der Waals surface area (Å²) < 4.78 is 5.41. The van der Waals surface area contributed by atoms with Crippen LogP contribution in [0.1, 0.15) is 34.6 Å². The SMILES string of the molecule is CCNC(=NCC(C)(C)CN(C)C)NCC(C)(C)OC. The highest BCUT2D eigenvalue weighted by Crippen LogP contribution is 2.16. The molecule has 0 rings (SSSR count). The lowest BCUT2D eigenvalue weighted by Gasteiger charge is -2.28. The van der Waals surface area contributed by atoms with E-state index in [0.717, 1.165) is 32.1 Å². The molecule has 0 heterocycles. The Morgan fingerprint density at radius 2 is 1.75 bits per heavy atom. The molecule has 0 aliphatic rings. The summed E-state index contributed by atoms with van der Waals surface area (Å²) in [5.74, 6) is 0.851. The van der Waals surface area contributed by atoms with E-state index >= 15 is 0 Å². The third kappa shape index (κ3) is 9.15. The van der Waals surface area contributed by atoms with Crippen LogP contribution in [0.3, 0.4) is 0 Å². The zero-order valence-electron chi connectivity index (χ0n) is 14.6. The third-order valence-corrected chi connectivity index (χ3v) is 2.99. The van der Waals surface area contributed by atoms with Gasteiger partial charge in [-0.25, -0.2) is 0 Å². The fourth-order valence-electron chi connectivity index (χ4n) is 1.91. The van der Waals surface area contributed by atoms with Crippen LogP contribution in [0.15, 0.2) is 4.99 Å². The van der Waals surface area contributed by atoms with E-state index in [1.54, 1.807) is 7.11 Å². The normalized spacial score (nSPS) is 13.8. The van der Waals surface area contributed by atoms with Crippen molar-refractivity contribution in [2.45, 2.75) is 40.2 Å².